The van der Waals surface area contributed by atoms with E-state index in [1.807, 2.05) is 24.0 Å². The van der Waals surface area contributed by atoms with Crippen LogP contribution in [0.4, 0.5) is 0 Å². The van der Waals surface area contributed by atoms with Crippen LogP contribution in [0.1, 0.15) is 32.0 Å². The molecule has 0 aromatic carbocycles. The molecule has 4 heteroatoms. The van der Waals surface area contributed by atoms with E-state index in [2.05, 4.69) is 42.1 Å². The van der Waals surface area contributed by atoms with Crippen LogP contribution >= 0.6 is 11.8 Å². The lowest BCUT2D eigenvalue weighted by atomic mass is 10.1. The Labute approximate surface area is 113 Å². The monoisotopic (exact) mass is 263 g/mol. The molecule has 0 spiro atoms. The van der Waals surface area contributed by atoms with Gasteiger partial charge in [0.05, 0.1) is 18.8 Å². The Bertz CT molecular complexity index is 429. The molecule has 2 heterocycles. The number of nitrogens with one attached hydrogen (secondary N) is 1. The van der Waals surface area contributed by atoms with Gasteiger partial charge in [-0.05, 0) is 24.0 Å². The number of rotatable bonds is 4. The fourth-order valence-electron chi connectivity index (χ4n) is 1.95. The number of aromatic nitrogens is 1. The molecule has 0 amide bonds. The van der Waals surface area contributed by atoms with E-state index < -0.39 is 0 Å². The summed E-state index contributed by atoms with van der Waals surface area (Å²) < 4.78 is 0. The lowest BCUT2D eigenvalue weighted by Crippen LogP contribution is -2.21. The standard InChI is InChI=1S/C14H21N3S/c1-4-11-6-5-7-15-12(11)8-16-14-17-9-13(18-14)10(2)3/h5-7,10,13H,4,8-9H2,1-3H3,(H,16,17). The molecule has 3 nitrogen and oxygen atoms in total. The maximum atomic E-state index is 4.55. The minimum absolute atomic E-state index is 0.627. The van der Waals surface area contributed by atoms with Crippen molar-refractivity contribution in [3.05, 3.63) is 29.6 Å². The summed E-state index contributed by atoms with van der Waals surface area (Å²) in [6, 6.07) is 4.14. The SMILES string of the molecule is CCc1cccnc1CNC1=NCC(C(C)C)S1. The van der Waals surface area contributed by atoms with E-state index >= 15 is 0 Å². The van der Waals surface area contributed by atoms with Crippen LogP contribution in [-0.2, 0) is 13.0 Å². The first kappa shape index (κ1) is 13.4. The van der Waals surface area contributed by atoms with Gasteiger partial charge >= 0.3 is 0 Å². The zero-order chi connectivity index (χ0) is 13.0. The van der Waals surface area contributed by atoms with Crippen molar-refractivity contribution in [1.29, 1.82) is 0 Å². The first-order valence-corrected chi connectivity index (χ1v) is 7.46. The van der Waals surface area contributed by atoms with Crippen molar-refractivity contribution in [3.8, 4) is 0 Å². The minimum Gasteiger partial charge on any atom is -0.359 e. The number of aryl methyl sites for hydroxylation is 1. The smallest absolute Gasteiger partial charge is 0.157 e. The molecule has 1 aliphatic heterocycles. The van der Waals surface area contributed by atoms with E-state index in [1.165, 1.54) is 5.56 Å². The summed E-state index contributed by atoms with van der Waals surface area (Å²) in [7, 11) is 0. The second-order valence-corrected chi connectivity index (χ2v) is 6.09. The van der Waals surface area contributed by atoms with Gasteiger partial charge in [0.2, 0.25) is 0 Å². The molecule has 0 radical (unpaired) electrons. The number of amidine groups is 1. The van der Waals surface area contributed by atoms with Crippen LogP contribution in [0.25, 0.3) is 0 Å². The Kier molecular flexibility index (Phi) is 4.64. The molecular weight excluding hydrogens is 242 g/mol. The summed E-state index contributed by atoms with van der Waals surface area (Å²) in [4.78, 5) is 8.99. The molecule has 0 aliphatic carbocycles. The van der Waals surface area contributed by atoms with Gasteiger partial charge in [0.1, 0.15) is 0 Å². The average molecular weight is 263 g/mol. The molecule has 0 saturated heterocycles. The third kappa shape index (κ3) is 3.25. The van der Waals surface area contributed by atoms with Gasteiger partial charge in [-0.1, -0.05) is 38.6 Å². The number of nitrogens with zero attached hydrogens (tertiary/aromatic N) is 2. The Morgan fingerprint density at radius 2 is 2.33 bits per heavy atom. The summed E-state index contributed by atoms with van der Waals surface area (Å²) in [5, 5.41) is 5.11. The first-order chi connectivity index (χ1) is 8.70. The van der Waals surface area contributed by atoms with E-state index in [4.69, 9.17) is 0 Å². The normalized spacial score (nSPS) is 19.1. The Morgan fingerprint density at radius 3 is 3.00 bits per heavy atom. The number of hydrogen-bond donors (Lipinski definition) is 1. The summed E-state index contributed by atoms with van der Waals surface area (Å²) in [5.41, 5.74) is 2.45. The van der Waals surface area contributed by atoms with E-state index in [1.54, 1.807) is 0 Å². The molecular formula is C14H21N3S. The van der Waals surface area contributed by atoms with Crippen LogP contribution in [0.3, 0.4) is 0 Å². The van der Waals surface area contributed by atoms with Crippen molar-refractivity contribution in [3.63, 3.8) is 0 Å². The van der Waals surface area contributed by atoms with Crippen molar-refractivity contribution in [2.45, 2.75) is 39.0 Å². The Balaban J connectivity index is 1.89. The molecule has 1 unspecified atom stereocenters. The molecule has 98 valence electrons. The van der Waals surface area contributed by atoms with Gasteiger partial charge in [0, 0.05) is 11.4 Å². The van der Waals surface area contributed by atoms with E-state index in [0.717, 1.165) is 30.4 Å². The second kappa shape index (κ2) is 6.23. The molecule has 18 heavy (non-hydrogen) atoms. The number of aliphatic imine (C=N–C) groups is 1. The van der Waals surface area contributed by atoms with Gasteiger partial charge in [-0.2, -0.15) is 0 Å². The predicted octanol–water partition coefficient (Wildman–Crippen LogP) is 2.86. The van der Waals surface area contributed by atoms with Gasteiger partial charge in [-0.15, -0.1) is 0 Å². The zero-order valence-electron chi connectivity index (χ0n) is 11.3. The first-order valence-electron chi connectivity index (χ1n) is 6.58. The van der Waals surface area contributed by atoms with Crippen LogP contribution in [0.5, 0.6) is 0 Å². The number of thioether (sulfide) groups is 1. The lowest BCUT2D eigenvalue weighted by molar-refractivity contribution is 0.621. The second-order valence-electron chi connectivity index (χ2n) is 4.86. The zero-order valence-corrected chi connectivity index (χ0v) is 12.1. The molecule has 1 N–H and O–H groups in total. The molecule has 1 atom stereocenters. The number of hydrogen-bond acceptors (Lipinski definition) is 4. The molecule has 0 bridgehead atoms. The van der Waals surface area contributed by atoms with Crippen molar-refractivity contribution < 1.29 is 0 Å². The van der Waals surface area contributed by atoms with Gasteiger partial charge in [-0.3, -0.25) is 9.98 Å². The summed E-state index contributed by atoms with van der Waals surface area (Å²) in [6.45, 7) is 8.39. The average Bonchev–Trinajstić information content (AvgIpc) is 2.85. The highest BCUT2D eigenvalue weighted by Crippen LogP contribution is 2.26. The molecule has 1 aromatic rings. The van der Waals surface area contributed by atoms with Gasteiger partial charge < -0.3 is 5.32 Å². The van der Waals surface area contributed by atoms with Crippen LogP contribution in [0.15, 0.2) is 23.3 Å². The van der Waals surface area contributed by atoms with Crippen molar-refractivity contribution >= 4 is 16.9 Å². The lowest BCUT2D eigenvalue weighted by Gasteiger charge is -2.12. The fourth-order valence-corrected chi connectivity index (χ4v) is 2.96. The maximum Gasteiger partial charge on any atom is 0.157 e. The number of pyridine rings is 1. The van der Waals surface area contributed by atoms with Crippen molar-refractivity contribution in [2.24, 2.45) is 10.9 Å². The van der Waals surface area contributed by atoms with Crippen molar-refractivity contribution in [2.75, 3.05) is 6.54 Å². The van der Waals surface area contributed by atoms with Gasteiger partial charge in [0.15, 0.2) is 5.17 Å². The molecule has 2 rings (SSSR count). The largest absolute Gasteiger partial charge is 0.359 e. The minimum atomic E-state index is 0.627. The summed E-state index contributed by atoms with van der Waals surface area (Å²) >= 11 is 1.86. The van der Waals surface area contributed by atoms with Gasteiger partial charge in [-0.25, -0.2) is 0 Å². The van der Waals surface area contributed by atoms with Crippen LogP contribution in [0, 0.1) is 5.92 Å². The van der Waals surface area contributed by atoms with Crippen LogP contribution in [-0.4, -0.2) is 21.9 Å². The molecule has 0 saturated carbocycles. The highest BCUT2D eigenvalue weighted by Gasteiger charge is 2.22. The fraction of sp³-hybridized carbons (Fsp3) is 0.571. The van der Waals surface area contributed by atoms with Crippen LogP contribution in [0.2, 0.25) is 0 Å². The van der Waals surface area contributed by atoms with E-state index in [-0.39, 0.29) is 0 Å². The summed E-state index contributed by atoms with van der Waals surface area (Å²) in [5.74, 6) is 0.680. The third-order valence-electron chi connectivity index (χ3n) is 3.19. The van der Waals surface area contributed by atoms with Crippen molar-refractivity contribution in [1.82, 2.24) is 10.3 Å². The van der Waals surface area contributed by atoms with E-state index in [0.29, 0.717) is 11.2 Å². The predicted molar refractivity (Wildman–Crippen MR) is 79.0 cm³/mol. The van der Waals surface area contributed by atoms with E-state index in [9.17, 15) is 0 Å². The highest BCUT2D eigenvalue weighted by atomic mass is 32.2. The Hall–Kier alpha value is -1.03. The molecule has 0 fully saturated rings. The Morgan fingerprint density at radius 1 is 1.50 bits per heavy atom. The third-order valence-corrected chi connectivity index (χ3v) is 4.69. The summed E-state index contributed by atoms with van der Waals surface area (Å²) in [6.07, 6.45) is 2.88. The topological polar surface area (TPSA) is 37.3 Å². The quantitative estimate of drug-likeness (QED) is 0.907. The molecule has 1 aliphatic rings. The highest BCUT2D eigenvalue weighted by molar-refractivity contribution is 8.14. The maximum absolute atomic E-state index is 4.55. The van der Waals surface area contributed by atoms with Gasteiger partial charge in [0.25, 0.3) is 0 Å². The van der Waals surface area contributed by atoms with Crippen LogP contribution < -0.4 is 5.32 Å². The molecule has 1 aromatic heterocycles.